The van der Waals surface area contributed by atoms with Crippen molar-refractivity contribution in [3.63, 3.8) is 0 Å². The molecule has 1 N–H and O–H groups in total. The third kappa shape index (κ3) is 2.01. The first-order valence-corrected chi connectivity index (χ1v) is 6.37. The van der Waals surface area contributed by atoms with Crippen molar-refractivity contribution in [3.05, 3.63) is 58.6 Å². The van der Waals surface area contributed by atoms with E-state index < -0.39 is 0 Å². The molecule has 0 aliphatic carbocycles. The Morgan fingerprint density at radius 2 is 1.88 bits per heavy atom. The van der Waals surface area contributed by atoms with E-state index in [1.165, 1.54) is 27.7 Å². The van der Waals surface area contributed by atoms with Gasteiger partial charge in [0, 0.05) is 21.1 Å². The Bertz CT molecular complexity index is 682. The fourth-order valence-electron chi connectivity index (χ4n) is 2.07. The van der Waals surface area contributed by atoms with Gasteiger partial charge in [-0.3, -0.25) is 0 Å². The fraction of sp³-hybridized carbons (Fsp3) is 0.0667. The molecule has 0 unspecified atom stereocenters. The Hall–Kier alpha value is -1.54. The number of H-pyrrole nitrogens is 1. The molecule has 1 heterocycles. The zero-order valence-corrected chi connectivity index (χ0v) is 11.1. The molecule has 84 valence electrons. The molecular weight excluding hydrogens is 274 g/mol. The van der Waals surface area contributed by atoms with Gasteiger partial charge in [0.1, 0.15) is 0 Å². The molecule has 0 atom stereocenters. The number of hydrogen-bond acceptors (Lipinski definition) is 0. The quantitative estimate of drug-likeness (QED) is 0.654. The van der Waals surface area contributed by atoms with Crippen LogP contribution in [-0.4, -0.2) is 4.98 Å². The zero-order chi connectivity index (χ0) is 11.8. The highest BCUT2D eigenvalue weighted by Gasteiger charge is 2.03. The van der Waals surface area contributed by atoms with Crippen LogP contribution in [0.3, 0.4) is 0 Å². The predicted molar refractivity (Wildman–Crippen MR) is 76.2 cm³/mol. The highest BCUT2D eigenvalue weighted by atomic mass is 79.9. The standard InChI is InChI=1S/C15H12BrN/c1-10-3-2-4-11(7-10)15-9-12-8-13(16)5-6-14(12)17-15/h2-9,17H,1H3. The van der Waals surface area contributed by atoms with E-state index in [2.05, 4.69) is 76.4 Å². The van der Waals surface area contributed by atoms with Gasteiger partial charge in [-0.2, -0.15) is 0 Å². The molecule has 2 aromatic carbocycles. The normalized spacial score (nSPS) is 10.9. The van der Waals surface area contributed by atoms with Crippen molar-refractivity contribution in [2.45, 2.75) is 6.92 Å². The van der Waals surface area contributed by atoms with Crippen molar-refractivity contribution in [3.8, 4) is 11.3 Å². The second kappa shape index (κ2) is 4.04. The lowest BCUT2D eigenvalue weighted by Gasteiger charge is -1.98. The second-order valence-electron chi connectivity index (χ2n) is 4.28. The summed E-state index contributed by atoms with van der Waals surface area (Å²) in [5.74, 6) is 0. The van der Waals surface area contributed by atoms with E-state index in [1.54, 1.807) is 0 Å². The maximum atomic E-state index is 3.50. The Morgan fingerprint density at radius 3 is 2.71 bits per heavy atom. The van der Waals surface area contributed by atoms with E-state index in [0.717, 1.165) is 4.47 Å². The molecule has 3 aromatic rings. The van der Waals surface area contributed by atoms with Crippen LogP contribution in [0.15, 0.2) is 53.0 Å². The van der Waals surface area contributed by atoms with Gasteiger partial charge in [0.2, 0.25) is 0 Å². The number of hydrogen-bond donors (Lipinski definition) is 1. The third-order valence-corrected chi connectivity index (χ3v) is 3.41. The van der Waals surface area contributed by atoms with Crippen LogP contribution in [0.1, 0.15) is 5.56 Å². The van der Waals surface area contributed by atoms with Crippen molar-refractivity contribution >= 4 is 26.8 Å². The molecule has 3 rings (SSSR count). The first-order valence-electron chi connectivity index (χ1n) is 5.58. The third-order valence-electron chi connectivity index (χ3n) is 2.91. The summed E-state index contributed by atoms with van der Waals surface area (Å²) in [5.41, 5.74) is 4.85. The summed E-state index contributed by atoms with van der Waals surface area (Å²) in [4.78, 5) is 3.45. The Kier molecular flexibility index (Phi) is 2.52. The van der Waals surface area contributed by atoms with E-state index >= 15 is 0 Å². The van der Waals surface area contributed by atoms with Gasteiger partial charge in [0.05, 0.1) is 0 Å². The maximum absolute atomic E-state index is 3.50. The summed E-state index contributed by atoms with van der Waals surface area (Å²) < 4.78 is 1.11. The minimum absolute atomic E-state index is 1.11. The summed E-state index contributed by atoms with van der Waals surface area (Å²) in [5, 5.41) is 1.23. The number of aromatic amines is 1. The van der Waals surface area contributed by atoms with Gasteiger partial charge in [0.15, 0.2) is 0 Å². The summed E-state index contributed by atoms with van der Waals surface area (Å²) in [6.07, 6.45) is 0. The Morgan fingerprint density at radius 1 is 1.00 bits per heavy atom. The van der Waals surface area contributed by atoms with E-state index in [9.17, 15) is 0 Å². The summed E-state index contributed by atoms with van der Waals surface area (Å²) in [7, 11) is 0. The summed E-state index contributed by atoms with van der Waals surface area (Å²) >= 11 is 3.50. The molecule has 0 aliphatic heterocycles. The van der Waals surface area contributed by atoms with E-state index in [0.29, 0.717) is 0 Å². The lowest BCUT2D eigenvalue weighted by atomic mass is 10.1. The SMILES string of the molecule is Cc1cccc(-c2cc3cc(Br)ccc3[nH]2)c1. The molecule has 1 aromatic heterocycles. The monoisotopic (exact) mass is 285 g/mol. The molecule has 0 aliphatic rings. The zero-order valence-electron chi connectivity index (χ0n) is 9.50. The Labute approximate surface area is 109 Å². The van der Waals surface area contributed by atoms with Crippen LogP contribution in [0.25, 0.3) is 22.2 Å². The van der Waals surface area contributed by atoms with Gasteiger partial charge < -0.3 is 4.98 Å². The van der Waals surface area contributed by atoms with Crippen LogP contribution in [-0.2, 0) is 0 Å². The summed E-state index contributed by atoms with van der Waals surface area (Å²) in [6.45, 7) is 2.11. The predicted octanol–water partition coefficient (Wildman–Crippen LogP) is 4.91. The lowest BCUT2D eigenvalue weighted by Crippen LogP contribution is -1.78. The molecule has 0 saturated heterocycles. The van der Waals surface area contributed by atoms with Gasteiger partial charge >= 0.3 is 0 Å². The van der Waals surface area contributed by atoms with Crippen LogP contribution in [0.4, 0.5) is 0 Å². The molecule has 0 fully saturated rings. The second-order valence-corrected chi connectivity index (χ2v) is 5.20. The molecule has 0 radical (unpaired) electrons. The number of halogens is 1. The first-order chi connectivity index (χ1) is 8.22. The highest BCUT2D eigenvalue weighted by Crippen LogP contribution is 2.26. The lowest BCUT2D eigenvalue weighted by molar-refractivity contribution is 1.41. The number of fused-ring (bicyclic) bond motifs is 1. The number of rotatable bonds is 1. The van der Waals surface area contributed by atoms with Gasteiger partial charge in [-0.05, 0) is 42.8 Å². The van der Waals surface area contributed by atoms with Gasteiger partial charge in [0.25, 0.3) is 0 Å². The van der Waals surface area contributed by atoms with Crippen molar-refractivity contribution in [1.29, 1.82) is 0 Å². The van der Waals surface area contributed by atoms with Crippen LogP contribution < -0.4 is 0 Å². The van der Waals surface area contributed by atoms with Crippen molar-refractivity contribution in [2.24, 2.45) is 0 Å². The largest absolute Gasteiger partial charge is 0.355 e. The molecule has 0 saturated carbocycles. The maximum Gasteiger partial charge on any atom is 0.0464 e. The Balaban J connectivity index is 2.18. The van der Waals surface area contributed by atoms with Crippen LogP contribution in [0, 0.1) is 6.92 Å². The van der Waals surface area contributed by atoms with E-state index in [4.69, 9.17) is 0 Å². The van der Waals surface area contributed by atoms with Crippen molar-refractivity contribution in [1.82, 2.24) is 4.98 Å². The number of nitrogens with one attached hydrogen (secondary N) is 1. The molecule has 0 spiro atoms. The molecule has 0 bridgehead atoms. The average Bonchev–Trinajstić information content (AvgIpc) is 2.72. The van der Waals surface area contributed by atoms with E-state index in [-0.39, 0.29) is 0 Å². The molecule has 17 heavy (non-hydrogen) atoms. The molecule has 0 amide bonds. The van der Waals surface area contributed by atoms with Gasteiger partial charge in [-0.15, -0.1) is 0 Å². The fourth-order valence-corrected chi connectivity index (χ4v) is 2.45. The van der Waals surface area contributed by atoms with Crippen LogP contribution >= 0.6 is 15.9 Å². The van der Waals surface area contributed by atoms with Crippen LogP contribution in [0.5, 0.6) is 0 Å². The van der Waals surface area contributed by atoms with Gasteiger partial charge in [-0.1, -0.05) is 39.7 Å². The molecule has 1 nitrogen and oxygen atoms in total. The van der Waals surface area contributed by atoms with Crippen LogP contribution in [0.2, 0.25) is 0 Å². The number of aromatic nitrogens is 1. The number of benzene rings is 2. The minimum Gasteiger partial charge on any atom is -0.355 e. The van der Waals surface area contributed by atoms with Crippen molar-refractivity contribution in [2.75, 3.05) is 0 Å². The first kappa shape index (κ1) is 10.6. The van der Waals surface area contributed by atoms with Gasteiger partial charge in [-0.25, -0.2) is 0 Å². The highest BCUT2D eigenvalue weighted by molar-refractivity contribution is 9.10. The molecule has 2 heteroatoms. The smallest absolute Gasteiger partial charge is 0.0464 e. The van der Waals surface area contributed by atoms with E-state index in [1.807, 2.05) is 0 Å². The number of aryl methyl sites for hydroxylation is 1. The topological polar surface area (TPSA) is 15.8 Å². The minimum atomic E-state index is 1.11. The average molecular weight is 286 g/mol. The summed E-state index contributed by atoms with van der Waals surface area (Å²) in [6, 6.07) is 17.0. The molecular formula is C15H12BrN. The van der Waals surface area contributed by atoms with Crippen molar-refractivity contribution < 1.29 is 0 Å².